The maximum Gasteiger partial charge on any atom is 0.337 e. The van der Waals surface area contributed by atoms with Crippen LogP contribution >= 0.6 is 0 Å². The first-order chi connectivity index (χ1) is 8.65. The lowest BCUT2D eigenvalue weighted by atomic mass is 10.3. The molecule has 2 N–H and O–H groups in total. The lowest BCUT2D eigenvalue weighted by molar-refractivity contribution is -0.144. The minimum Gasteiger partial charge on any atom is -0.466 e. The van der Waals surface area contributed by atoms with Crippen LogP contribution in [0.2, 0.25) is 0 Å². The SMILES string of the molecule is CCOC(=O)CCC(=O)Nc1nc(OCC)n[nH]1. The highest BCUT2D eigenvalue weighted by Gasteiger charge is 2.10. The van der Waals surface area contributed by atoms with Gasteiger partial charge in [-0.3, -0.25) is 14.9 Å². The molecule has 1 rings (SSSR count). The van der Waals surface area contributed by atoms with Gasteiger partial charge in [-0.2, -0.15) is 4.98 Å². The van der Waals surface area contributed by atoms with Crippen molar-refractivity contribution in [2.24, 2.45) is 0 Å². The molecule has 18 heavy (non-hydrogen) atoms. The molecule has 1 heterocycles. The fourth-order valence-electron chi connectivity index (χ4n) is 1.14. The summed E-state index contributed by atoms with van der Waals surface area (Å²) in [6.45, 7) is 4.25. The van der Waals surface area contributed by atoms with E-state index in [4.69, 9.17) is 9.47 Å². The van der Waals surface area contributed by atoms with Crippen LogP contribution in [0.3, 0.4) is 0 Å². The molecule has 0 saturated heterocycles. The van der Waals surface area contributed by atoms with Crippen molar-refractivity contribution in [1.82, 2.24) is 15.2 Å². The predicted octanol–water partition coefficient (Wildman–Crippen LogP) is 0.485. The summed E-state index contributed by atoms with van der Waals surface area (Å²) in [5.74, 6) is -0.560. The van der Waals surface area contributed by atoms with Gasteiger partial charge in [0.1, 0.15) is 0 Å². The number of rotatable bonds is 7. The molecule has 0 aliphatic heterocycles. The number of aromatic amines is 1. The van der Waals surface area contributed by atoms with Crippen molar-refractivity contribution in [3.63, 3.8) is 0 Å². The van der Waals surface area contributed by atoms with Gasteiger partial charge in [-0.15, -0.1) is 5.10 Å². The van der Waals surface area contributed by atoms with Crippen molar-refractivity contribution < 1.29 is 19.1 Å². The summed E-state index contributed by atoms with van der Waals surface area (Å²) in [6.07, 6.45) is 0.0651. The third-order valence-corrected chi connectivity index (χ3v) is 1.86. The normalized spacial score (nSPS) is 9.89. The van der Waals surface area contributed by atoms with Gasteiger partial charge in [0.2, 0.25) is 11.9 Å². The lowest BCUT2D eigenvalue weighted by Gasteiger charge is -2.01. The number of hydrogen-bond donors (Lipinski definition) is 2. The van der Waals surface area contributed by atoms with E-state index in [1.165, 1.54) is 0 Å². The Hall–Kier alpha value is -2.12. The molecule has 8 heteroatoms. The van der Waals surface area contributed by atoms with Crippen molar-refractivity contribution in [1.29, 1.82) is 0 Å². The van der Waals surface area contributed by atoms with Gasteiger partial charge >= 0.3 is 12.0 Å². The van der Waals surface area contributed by atoms with Crippen molar-refractivity contribution in [3.8, 4) is 6.01 Å². The second kappa shape index (κ2) is 7.25. The van der Waals surface area contributed by atoms with Crippen LogP contribution in [-0.4, -0.2) is 40.3 Å². The Labute approximate surface area is 104 Å². The molecule has 0 bridgehead atoms. The van der Waals surface area contributed by atoms with E-state index >= 15 is 0 Å². The van der Waals surface area contributed by atoms with Crippen LogP contribution in [0.15, 0.2) is 0 Å². The Balaban J connectivity index is 2.32. The number of nitrogens with one attached hydrogen (secondary N) is 2. The van der Waals surface area contributed by atoms with Gasteiger partial charge in [-0.25, -0.2) is 5.10 Å². The molecule has 8 nitrogen and oxygen atoms in total. The third kappa shape index (κ3) is 4.81. The predicted molar refractivity (Wildman–Crippen MR) is 62.0 cm³/mol. The fraction of sp³-hybridized carbons (Fsp3) is 0.600. The molecule has 1 aromatic rings. The number of aromatic nitrogens is 3. The molecule has 0 fully saturated rings. The summed E-state index contributed by atoms with van der Waals surface area (Å²) < 4.78 is 9.72. The monoisotopic (exact) mass is 256 g/mol. The summed E-state index contributed by atoms with van der Waals surface area (Å²) in [4.78, 5) is 26.3. The molecule has 0 spiro atoms. The van der Waals surface area contributed by atoms with Gasteiger partial charge in [0.15, 0.2) is 0 Å². The van der Waals surface area contributed by atoms with Crippen molar-refractivity contribution in [3.05, 3.63) is 0 Å². The van der Waals surface area contributed by atoms with Crippen LogP contribution in [-0.2, 0) is 14.3 Å². The zero-order chi connectivity index (χ0) is 13.4. The lowest BCUT2D eigenvalue weighted by Crippen LogP contribution is -2.15. The van der Waals surface area contributed by atoms with Gasteiger partial charge in [0.05, 0.1) is 19.6 Å². The molecule has 1 amide bonds. The number of H-pyrrole nitrogens is 1. The van der Waals surface area contributed by atoms with Gasteiger partial charge < -0.3 is 9.47 Å². The Morgan fingerprint density at radius 3 is 2.72 bits per heavy atom. The topological polar surface area (TPSA) is 106 Å². The molecule has 0 saturated carbocycles. The minimum atomic E-state index is -0.403. The molecule has 1 aromatic heterocycles. The van der Waals surface area contributed by atoms with Crippen LogP contribution in [0.25, 0.3) is 0 Å². The van der Waals surface area contributed by atoms with E-state index < -0.39 is 5.97 Å². The van der Waals surface area contributed by atoms with E-state index in [2.05, 4.69) is 20.5 Å². The number of anilines is 1. The average molecular weight is 256 g/mol. The largest absolute Gasteiger partial charge is 0.466 e. The Morgan fingerprint density at radius 2 is 2.06 bits per heavy atom. The molecule has 0 atom stereocenters. The van der Waals surface area contributed by atoms with E-state index in [9.17, 15) is 9.59 Å². The van der Waals surface area contributed by atoms with Crippen molar-refractivity contribution in [2.45, 2.75) is 26.7 Å². The summed E-state index contributed by atoms with van der Waals surface area (Å²) in [5.41, 5.74) is 0. The first kappa shape index (κ1) is 13.9. The number of amides is 1. The van der Waals surface area contributed by atoms with Crippen LogP contribution in [0.1, 0.15) is 26.7 Å². The summed E-state index contributed by atoms with van der Waals surface area (Å²) >= 11 is 0. The maximum absolute atomic E-state index is 11.4. The highest BCUT2D eigenvalue weighted by molar-refractivity contribution is 5.91. The second-order valence-electron chi connectivity index (χ2n) is 3.25. The number of ether oxygens (including phenoxy) is 2. The molecule has 0 aliphatic rings. The van der Waals surface area contributed by atoms with Gasteiger partial charge in [-0.05, 0) is 13.8 Å². The number of esters is 1. The molecule has 100 valence electrons. The number of nitrogens with zero attached hydrogens (tertiary/aromatic N) is 2. The Bertz CT molecular complexity index is 404. The first-order valence-corrected chi connectivity index (χ1v) is 5.66. The van der Waals surface area contributed by atoms with Crippen LogP contribution in [0, 0.1) is 0 Å². The Morgan fingerprint density at radius 1 is 1.28 bits per heavy atom. The maximum atomic E-state index is 11.4. The molecule has 0 radical (unpaired) electrons. The molecule has 0 aliphatic carbocycles. The van der Waals surface area contributed by atoms with Gasteiger partial charge in [0, 0.05) is 6.42 Å². The van der Waals surface area contributed by atoms with Gasteiger partial charge in [-0.1, -0.05) is 0 Å². The molecule has 0 aromatic carbocycles. The van der Waals surface area contributed by atoms with Gasteiger partial charge in [0.25, 0.3) is 0 Å². The standard InChI is InChI=1S/C10H16N4O4/c1-3-17-8(16)6-5-7(15)11-9-12-10(14-13-9)18-4-2/h3-6H2,1-2H3,(H2,11,12,13,14,15). The third-order valence-electron chi connectivity index (χ3n) is 1.86. The Kier molecular flexibility index (Phi) is 5.62. The van der Waals surface area contributed by atoms with Crippen molar-refractivity contribution >= 4 is 17.8 Å². The molecular weight excluding hydrogens is 240 g/mol. The average Bonchev–Trinajstić information content (AvgIpc) is 2.75. The molecule has 0 unspecified atom stereocenters. The number of carbonyl (C=O) groups is 2. The highest BCUT2D eigenvalue weighted by Crippen LogP contribution is 2.06. The highest BCUT2D eigenvalue weighted by atomic mass is 16.5. The first-order valence-electron chi connectivity index (χ1n) is 5.66. The number of carbonyl (C=O) groups excluding carboxylic acids is 2. The number of hydrogen-bond acceptors (Lipinski definition) is 6. The fourth-order valence-corrected chi connectivity index (χ4v) is 1.14. The van der Waals surface area contributed by atoms with Crippen LogP contribution in [0.5, 0.6) is 6.01 Å². The minimum absolute atomic E-state index is 0.0313. The summed E-state index contributed by atoms with van der Waals surface area (Å²) in [5, 5.41) is 8.68. The van der Waals surface area contributed by atoms with E-state index in [0.717, 1.165) is 0 Å². The van der Waals surface area contributed by atoms with Crippen molar-refractivity contribution in [2.75, 3.05) is 18.5 Å². The summed E-state index contributed by atoms with van der Waals surface area (Å²) in [6, 6.07) is 0.165. The van der Waals surface area contributed by atoms with E-state index in [-0.39, 0.29) is 30.7 Å². The van der Waals surface area contributed by atoms with Crippen LogP contribution in [0.4, 0.5) is 5.95 Å². The van der Waals surface area contributed by atoms with Crippen LogP contribution < -0.4 is 10.1 Å². The quantitative estimate of drug-likeness (QED) is 0.687. The van der Waals surface area contributed by atoms with E-state index in [0.29, 0.717) is 13.2 Å². The van der Waals surface area contributed by atoms with E-state index in [1.54, 1.807) is 13.8 Å². The van der Waals surface area contributed by atoms with E-state index in [1.807, 2.05) is 0 Å². The molecular formula is C10H16N4O4. The zero-order valence-electron chi connectivity index (χ0n) is 10.4. The summed E-state index contributed by atoms with van der Waals surface area (Å²) in [7, 11) is 0. The second-order valence-corrected chi connectivity index (χ2v) is 3.25. The smallest absolute Gasteiger partial charge is 0.337 e. The zero-order valence-corrected chi connectivity index (χ0v) is 10.4.